The molecule has 0 unspecified atom stereocenters. The molecule has 27 heavy (non-hydrogen) atoms. The van der Waals surface area contributed by atoms with Gasteiger partial charge in [0.15, 0.2) is 0 Å². The van der Waals surface area contributed by atoms with E-state index in [1.54, 1.807) is 12.1 Å². The Hall–Kier alpha value is -2.63. The number of rotatable bonds is 3. The van der Waals surface area contributed by atoms with Crippen LogP contribution in [-0.4, -0.2) is 30.8 Å². The first-order chi connectivity index (χ1) is 13.1. The summed E-state index contributed by atoms with van der Waals surface area (Å²) in [6.45, 7) is 1.78. The molecule has 2 aliphatic carbocycles. The minimum Gasteiger partial charge on any atom is -0.370 e. The number of primary amides is 1. The van der Waals surface area contributed by atoms with Crippen LogP contribution in [0.15, 0.2) is 30.4 Å². The van der Waals surface area contributed by atoms with E-state index < -0.39 is 5.91 Å². The van der Waals surface area contributed by atoms with Crippen LogP contribution in [0.1, 0.15) is 36.0 Å². The Bertz CT molecular complexity index is 841. The normalized spacial score (nSPS) is 31.7. The summed E-state index contributed by atoms with van der Waals surface area (Å²) >= 11 is 0. The molecule has 2 saturated heterocycles. The van der Waals surface area contributed by atoms with Crippen molar-refractivity contribution in [1.29, 1.82) is 0 Å². The summed E-state index contributed by atoms with van der Waals surface area (Å²) in [5, 5.41) is 0. The van der Waals surface area contributed by atoms with Crippen molar-refractivity contribution in [3.8, 4) is 0 Å². The van der Waals surface area contributed by atoms with Crippen molar-refractivity contribution in [3.05, 3.63) is 35.9 Å². The van der Waals surface area contributed by atoms with Gasteiger partial charge in [0.05, 0.1) is 23.2 Å². The Kier molecular flexibility index (Phi) is 3.64. The number of benzene rings is 1. The van der Waals surface area contributed by atoms with E-state index in [4.69, 9.17) is 5.73 Å². The van der Waals surface area contributed by atoms with Gasteiger partial charge in [0.2, 0.25) is 17.7 Å². The summed E-state index contributed by atoms with van der Waals surface area (Å²) in [5.41, 5.74) is 7.17. The number of piperidine rings is 1. The monoisotopic (exact) mass is 365 g/mol. The molecule has 3 amide bonds. The highest BCUT2D eigenvalue weighted by atomic mass is 16.2. The van der Waals surface area contributed by atoms with Crippen LogP contribution in [0.4, 0.5) is 11.4 Å². The maximum absolute atomic E-state index is 13.2. The fraction of sp³-hybridized carbons (Fsp3) is 0.476. The van der Waals surface area contributed by atoms with Gasteiger partial charge >= 0.3 is 0 Å². The molecule has 5 rings (SSSR count). The number of imide groups is 1. The number of amides is 3. The molecule has 0 aromatic heterocycles. The third-order valence-corrected chi connectivity index (χ3v) is 6.67. The highest BCUT2D eigenvalue weighted by molar-refractivity contribution is 6.24. The number of fused-ring (bicyclic) bond motifs is 5. The lowest BCUT2D eigenvalue weighted by molar-refractivity contribution is -0.123. The third kappa shape index (κ3) is 2.35. The predicted octanol–water partition coefficient (Wildman–Crippen LogP) is 2.09. The van der Waals surface area contributed by atoms with E-state index in [9.17, 15) is 14.4 Å². The van der Waals surface area contributed by atoms with Gasteiger partial charge in [-0.2, -0.15) is 0 Å². The molecule has 1 saturated carbocycles. The van der Waals surface area contributed by atoms with Gasteiger partial charge in [-0.15, -0.1) is 0 Å². The van der Waals surface area contributed by atoms with Gasteiger partial charge < -0.3 is 10.6 Å². The van der Waals surface area contributed by atoms with Crippen LogP contribution >= 0.6 is 0 Å². The van der Waals surface area contributed by atoms with Gasteiger partial charge in [-0.25, -0.2) is 4.90 Å². The number of nitrogens with two attached hydrogens (primary N) is 1. The lowest BCUT2D eigenvalue weighted by atomic mass is 9.85. The predicted molar refractivity (Wildman–Crippen MR) is 101 cm³/mol. The molecular weight excluding hydrogens is 342 g/mol. The summed E-state index contributed by atoms with van der Waals surface area (Å²) in [5.74, 6) is -0.970. The van der Waals surface area contributed by atoms with Crippen LogP contribution in [0.2, 0.25) is 0 Å². The lowest BCUT2D eigenvalue weighted by Crippen LogP contribution is -2.36. The fourth-order valence-corrected chi connectivity index (χ4v) is 5.40. The molecule has 0 radical (unpaired) electrons. The molecule has 2 aliphatic heterocycles. The molecular formula is C21H23N3O3. The van der Waals surface area contributed by atoms with Crippen molar-refractivity contribution in [1.82, 2.24) is 0 Å². The smallest absolute Gasteiger partial charge is 0.248 e. The van der Waals surface area contributed by atoms with Crippen molar-refractivity contribution in [3.63, 3.8) is 0 Å². The quantitative estimate of drug-likeness (QED) is 0.657. The van der Waals surface area contributed by atoms with Gasteiger partial charge in [-0.3, -0.25) is 14.4 Å². The number of carbonyl (C=O) groups excluding carboxylic acids is 3. The van der Waals surface area contributed by atoms with Crippen LogP contribution in [-0.2, 0) is 9.59 Å². The van der Waals surface area contributed by atoms with Gasteiger partial charge in [0.1, 0.15) is 0 Å². The standard InChI is InChI=1S/C21H23N3O3/c22-19(25)14-6-7-15(23-8-2-1-3-9-23)16(11-14)24-20(26)17-12-4-5-13(10-12)18(17)21(24)27/h4-7,11-13,17-18H,1-3,8-10H2,(H2,22,25)/t12-,13-,17-,18-/m0/s1. The Balaban J connectivity index is 1.59. The topological polar surface area (TPSA) is 83.7 Å². The van der Waals surface area contributed by atoms with Crippen molar-refractivity contribution in [2.75, 3.05) is 22.9 Å². The molecule has 1 aromatic carbocycles. The van der Waals surface area contributed by atoms with Crippen molar-refractivity contribution >= 4 is 29.1 Å². The molecule has 1 aromatic rings. The maximum Gasteiger partial charge on any atom is 0.248 e. The molecule has 6 heteroatoms. The second kappa shape index (κ2) is 5.94. The molecule has 2 N–H and O–H groups in total. The highest BCUT2D eigenvalue weighted by Gasteiger charge is 2.59. The van der Waals surface area contributed by atoms with Crippen LogP contribution in [0.3, 0.4) is 0 Å². The van der Waals surface area contributed by atoms with Crippen molar-refractivity contribution < 1.29 is 14.4 Å². The van der Waals surface area contributed by atoms with E-state index in [-0.39, 0.29) is 35.5 Å². The first-order valence-electron chi connectivity index (χ1n) is 9.81. The van der Waals surface area contributed by atoms with Crippen molar-refractivity contribution in [2.24, 2.45) is 29.4 Å². The third-order valence-electron chi connectivity index (χ3n) is 6.67. The fourth-order valence-electron chi connectivity index (χ4n) is 5.40. The molecule has 140 valence electrons. The molecule has 4 aliphatic rings. The van der Waals surface area contributed by atoms with Crippen LogP contribution < -0.4 is 15.5 Å². The van der Waals surface area contributed by atoms with Crippen molar-refractivity contribution in [2.45, 2.75) is 25.7 Å². The number of allylic oxidation sites excluding steroid dienone is 2. The zero-order valence-electron chi connectivity index (χ0n) is 15.1. The molecule has 0 spiro atoms. The van der Waals surface area contributed by atoms with Gasteiger partial charge in [0, 0.05) is 18.7 Å². The second-order valence-corrected chi connectivity index (χ2v) is 8.13. The SMILES string of the molecule is NC(=O)c1ccc(N2CCCCC2)c(N2C(=O)[C@@H]3[C@@H](C2=O)[C@H]2C=C[C@H]3C2)c1. The molecule has 2 bridgehead atoms. The minimum absolute atomic E-state index is 0.123. The minimum atomic E-state index is -0.553. The van der Waals surface area contributed by atoms with E-state index in [0.29, 0.717) is 11.3 Å². The number of nitrogens with zero attached hydrogens (tertiary/aromatic N) is 2. The largest absolute Gasteiger partial charge is 0.370 e. The zero-order chi connectivity index (χ0) is 18.7. The molecule has 4 atom stereocenters. The Morgan fingerprint density at radius 1 is 0.926 bits per heavy atom. The van der Waals surface area contributed by atoms with Gasteiger partial charge in [-0.05, 0) is 55.7 Å². The Morgan fingerprint density at radius 3 is 2.15 bits per heavy atom. The average molecular weight is 365 g/mol. The second-order valence-electron chi connectivity index (χ2n) is 8.13. The van der Waals surface area contributed by atoms with E-state index in [1.807, 2.05) is 6.07 Å². The van der Waals surface area contributed by atoms with Crippen LogP contribution in [0.5, 0.6) is 0 Å². The summed E-state index contributed by atoms with van der Waals surface area (Å²) in [6.07, 6.45) is 8.43. The first-order valence-corrected chi connectivity index (χ1v) is 9.81. The molecule has 6 nitrogen and oxygen atoms in total. The Morgan fingerprint density at radius 2 is 1.56 bits per heavy atom. The number of carbonyl (C=O) groups is 3. The van der Waals surface area contributed by atoms with E-state index >= 15 is 0 Å². The van der Waals surface area contributed by atoms with Gasteiger partial charge in [0.25, 0.3) is 0 Å². The number of anilines is 2. The summed E-state index contributed by atoms with van der Waals surface area (Å²) in [7, 11) is 0. The Labute approximate surface area is 158 Å². The van der Waals surface area contributed by atoms with E-state index in [1.165, 1.54) is 11.3 Å². The van der Waals surface area contributed by atoms with E-state index in [2.05, 4.69) is 17.1 Å². The van der Waals surface area contributed by atoms with Crippen LogP contribution in [0, 0.1) is 23.7 Å². The summed E-state index contributed by atoms with van der Waals surface area (Å²) in [4.78, 5) is 41.8. The molecule has 3 fully saturated rings. The first kappa shape index (κ1) is 16.5. The average Bonchev–Trinajstić information content (AvgIpc) is 3.36. The van der Waals surface area contributed by atoms with Crippen LogP contribution in [0.25, 0.3) is 0 Å². The summed E-state index contributed by atoms with van der Waals surface area (Å²) in [6, 6.07) is 5.15. The lowest BCUT2D eigenvalue weighted by Gasteiger charge is -2.32. The zero-order valence-corrected chi connectivity index (χ0v) is 15.1. The summed E-state index contributed by atoms with van der Waals surface area (Å²) < 4.78 is 0. The van der Waals surface area contributed by atoms with Gasteiger partial charge in [-0.1, -0.05) is 12.2 Å². The number of hydrogen-bond acceptors (Lipinski definition) is 4. The maximum atomic E-state index is 13.2. The highest BCUT2D eigenvalue weighted by Crippen LogP contribution is 2.54. The van der Waals surface area contributed by atoms with E-state index in [0.717, 1.165) is 38.0 Å². The number of hydrogen-bond donors (Lipinski definition) is 1. The molecule has 2 heterocycles.